The van der Waals surface area contributed by atoms with Crippen molar-refractivity contribution < 1.29 is 10.2 Å². The zero-order chi connectivity index (χ0) is 9.42. The third-order valence-corrected chi connectivity index (χ3v) is 2.18. The number of phenolic OH excluding ortho intramolecular Hbond substituents is 2. The molecular formula is C11H11NaO2. The number of phenols is 2. The molecule has 0 aromatic heterocycles. The van der Waals surface area contributed by atoms with Gasteiger partial charge in [0.1, 0.15) is 11.5 Å². The van der Waals surface area contributed by atoms with Gasteiger partial charge in [0.05, 0.1) is 0 Å². The Balaban J connectivity index is 0.000000980. The minimum atomic E-state index is 0. The van der Waals surface area contributed by atoms with Crippen LogP contribution in [0.4, 0.5) is 0 Å². The van der Waals surface area contributed by atoms with Crippen molar-refractivity contribution in [3.63, 3.8) is 0 Å². The Morgan fingerprint density at radius 2 is 1.57 bits per heavy atom. The first-order chi connectivity index (χ1) is 6.20. The molecule has 0 radical (unpaired) electrons. The van der Waals surface area contributed by atoms with Gasteiger partial charge < -0.3 is 10.2 Å². The number of fused-ring (bicyclic) bond motifs is 1. The van der Waals surface area contributed by atoms with E-state index in [2.05, 4.69) is 0 Å². The summed E-state index contributed by atoms with van der Waals surface area (Å²) in [6.07, 6.45) is 0. The van der Waals surface area contributed by atoms with E-state index in [1.165, 1.54) is 0 Å². The number of aromatic hydroxyl groups is 2. The standard InChI is InChI=1S/C11H10O2.Na.H/c1-7-6-10(12)8-4-2-3-5-9(8)11(7)13;;/h2-6,12-13H,1H3;;. The van der Waals surface area contributed by atoms with Gasteiger partial charge in [-0.25, -0.2) is 0 Å². The van der Waals surface area contributed by atoms with E-state index >= 15 is 0 Å². The van der Waals surface area contributed by atoms with E-state index in [0.29, 0.717) is 16.3 Å². The molecule has 0 aliphatic heterocycles. The van der Waals surface area contributed by atoms with E-state index in [1.807, 2.05) is 12.1 Å². The molecule has 0 unspecified atom stereocenters. The van der Waals surface area contributed by atoms with Crippen LogP contribution in [-0.4, -0.2) is 39.8 Å². The summed E-state index contributed by atoms with van der Waals surface area (Å²) < 4.78 is 0. The molecule has 0 aliphatic carbocycles. The zero-order valence-corrected chi connectivity index (χ0v) is 7.28. The maximum atomic E-state index is 9.67. The van der Waals surface area contributed by atoms with Crippen molar-refractivity contribution in [3.05, 3.63) is 35.9 Å². The van der Waals surface area contributed by atoms with E-state index in [9.17, 15) is 10.2 Å². The maximum absolute atomic E-state index is 9.67. The van der Waals surface area contributed by atoms with Gasteiger partial charge in [0, 0.05) is 10.8 Å². The summed E-state index contributed by atoms with van der Waals surface area (Å²) in [5.41, 5.74) is 0.691. The van der Waals surface area contributed by atoms with Crippen LogP contribution in [0.2, 0.25) is 0 Å². The Bertz CT molecular complexity index is 466. The molecule has 0 fully saturated rings. The van der Waals surface area contributed by atoms with E-state index in [4.69, 9.17) is 0 Å². The summed E-state index contributed by atoms with van der Waals surface area (Å²) in [5, 5.41) is 20.6. The molecule has 0 saturated carbocycles. The fourth-order valence-corrected chi connectivity index (χ4v) is 1.48. The third kappa shape index (κ3) is 1.73. The Morgan fingerprint density at radius 1 is 1.00 bits per heavy atom. The van der Waals surface area contributed by atoms with Gasteiger partial charge in [-0.15, -0.1) is 0 Å². The van der Waals surface area contributed by atoms with Crippen LogP contribution < -0.4 is 0 Å². The molecule has 2 aromatic carbocycles. The predicted molar refractivity (Wildman–Crippen MR) is 59.2 cm³/mol. The summed E-state index contributed by atoms with van der Waals surface area (Å²) in [4.78, 5) is 0. The van der Waals surface area contributed by atoms with Gasteiger partial charge in [-0.05, 0) is 18.6 Å². The van der Waals surface area contributed by atoms with Crippen LogP contribution in [0, 0.1) is 6.92 Å². The fourth-order valence-electron chi connectivity index (χ4n) is 1.48. The quantitative estimate of drug-likeness (QED) is 0.501. The first-order valence-electron chi connectivity index (χ1n) is 4.10. The second-order valence-electron chi connectivity index (χ2n) is 3.11. The van der Waals surface area contributed by atoms with Crippen molar-refractivity contribution in [2.24, 2.45) is 0 Å². The molecule has 3 heteroatoms. The van der Waals surface area contributed by atoms with Gasteiger partial charge in [-0.3, -0.25) is 0 Å². The molecule has 2 N–H and O–H groups in total. The molecule has 0 atom stereocenters. The van der Waals surface area contributed by atoms with Gasteiger partial charge in [0.25, 0.3) is 0 Å². The minimum absolute atomic E-state index is 0. The number of aryl methyl sites for hydroxylation is 1. The first-order valence-corrected chi connectivity index (χ1v) is 4.10. The summed E-state index contributed by atoms with van der Waals surface area (Å²) in [6.45, 7) is 1.77. The molecule has 2 aromatic rings. The Labute approximate surface area is 104 Å². The molecule has 2 nitrogen and oxygen atoms in total. The number of hydrogen-bond donors (Lipinski definition) is 2. The summed E-state index contributed by atoms with van der Waals surface area (Å²) in [5.74, 6) is 0.458. The van der Waals surface area contributed by atoms with Crippen LogP contribution in [-0.2, 0) is 0 Å². The molecule has 68 valence electrons. The van der Waals surface area contributed by atoms with E-state index in [0.717, 1.165) is 0 Å². The topological polar surface area (TPSA) is 40.5 Å². The Morgan fingerprint density at radius 3 is 2.21 bits per heavy atom. The van der Waals surface area contributed by atoms with E-state index in [-0.39, 0.29) is 41.1 Å². The van der Waals surface area contributed by atoms with Gasteiger partial charge in [0.15, 0.2) is 0 Å². The predicted octanol–water partition coefficient (Wildman–Crippen LogP) is 1.91. The summed E-state index contributed by atoms with van der Waals surface area (Å²) >= 11 is 0. The first kappa shape index (κ1) is 11.4. The third-order valence-electron chi connectivity index (χ3n) is 2.18. The molecule has 0 heterocycles. The normalized spacial score (nSPS) is 9.79. The molecule has 0 aliphatic rings. The monoisotopic (exact) mass is 198 g/mol. The zero-order valence-electron chi connectivity index (χ0n) is 7.28. The van der Waals surface area contributed by atoms with Crippen LogP contribution in [0.3, 0.4) is 0 Å². The van der Waals surface area contributed by atoms with Crippen LogP contribution in [0.1, 0.15) is 5.56 Å². The van der Waals surface area contributed by atoms with Crippen LogP contribution in [0.25, 0.3) is 10.8 Å². The molecule has 0 amide bonds. The molecule has 0 spiro atoms. The number of benzene rings is 2. The number of hydrogen-bond acceptors (Lipinski definition) is 2. The average molecular weight is 198 g/mol. The van der Waals surface area contributed by atoms with Crippen molar-refractivity contribution in [2.75, 3.05) is 0 Å². The van der Waals surface area contributed by atoms with Gasteiger partial charge in [-0.2, -0.15) is 0 Å². The fraction of sp³-hybridized carbons (Fsp3) is 0.0909. The van der Waals surface area contributed by atoms with Crippen LogP contribution >= 0.6 is 0 Å². The second-order valence-corrected chi connectivity index (χ2v) is 3.11. The molecule has 2 rings (SSSR count). The SMILES string of the molecule is Cc1cc(O)c2ccccc2c1O.[NaH]. The average Bonchev–Trinajstić information content (AvgIpc) is 2.15. The van der Waals surface area contributed by atoms with Crippen LogP contribution in [0.5, 0.6) is 11.5 Å². The Kier molecular flexibility index (Phi) is 3.43. The molecule has 0 bridgehead atoms. The second kappa shape index (κ2) is 4.22. The van der Waals surface area contributed by atoms with E-state index in [1.54, 1.807) is 25.1 Å². The Hall–Kier alpha value is -0.700. The summed E-state index contributed by atoms with van der Waals surface area (Å²) in [6, 6.07) is 8.80. The van der Waals surface area contributed by atoms with Gasteiger partial charge in [-0.1, -0.05) is 24.3 Å². The van der Waals surface area contributed by atoms with Gasteiger partial charge in [0.2, 0.25) is 0 Å². The van der Waals surface area contributed by atoms with Crippen molar-refractivity contribution >= 4 is 40.3 Å². The van der Waals surface area contributed by atoms with Crippen LogP contribution in [0.15, 0.2) is 30.3 Å². The van der Waals surface area contributed by atoms with Crippen molar-refractivity contribution in [2.45, 2.75) is 6.92 Å². The van der Waals surface area contributed by atoms with E-state index < -0.39 is 0 Å². The van der Waals surface area contributed by atoms with Crippen molar-refractivity contribution in [1.29, 1.82) is 0 Å². The van der Waals surface area contributed by atoms with Crippen molar-refractivity contribution in [1.82, 2.24) is 0 Å². The molecule has 0 saturated heterocycles. The molecular weight excluding hydrogens is 187 g/mol. The van der Waals surface area contributed by atoms with Crippen molar-refractivity contribution in [3.8, 4) is 11.5 Å². The summed E-state index contributed by atoms with van der Waals surface area (Å²) in [7, 11) is 0. The molecule has 14 heavy (non-hydrogen) atoms. The van der Waals surface area contributed by atoms with Gasteiger partial charge >= 0.3 is 29.6 Å². The number of rotatable bonds is 0.